The van der Waals surface area contributed by atoms with Crippen LogP contribution in [-0.4, -0.2) is 76.7 Å². The average Bonchev–Trinajstić information content (AvgIpc) is 3.66. The van der Waals surface area contributed by atoms with Crippen LogP contribution in [0.2, 0.25) is 0 Å². The second-order valence-corrected chi connectivity index (χ2v) is 14.1. The Hall–Kier alpha value is -3.80. The van der Waals surface area contributed by atoms with Crippen LogP contribution in [0.5, 0.6) is 0 Å². The fourth-order valence-electron chi connectivity index (χ4n) is 7.90. The summed E-state index contributed by atoms with van der Waals surface area (Å²) in [6, 6.07) is 12.5. The van der Waals surface area contributed by atoms with E-state index in [9.17, 15) is 19.5 Å². The van der Waals surface area contributed by atoms with E-state index >= 15 is 4.79 Å². The van der Waals surface area contributed by atoms with E-state index in [1.54, 1.807) is 17.9 Å². The minimum Gasteiger partial charge on any atom is -0.455 e. The molecule has 0 unspecified atom stereocenters. The summed E-state index contributed by atoms with van der Waals surface area (Å²) in [5.41, 5.74) is 1.65. The Balaban J connectivity index is 1.51. The summed E-state index contributed by atoms with van der Waals surface area (Å²) in [6.07, 6.45) is 4.80. The van der Waals surface area contributed by atoms with Gasteiger partial charge in [0.25, 0.3) is 5.91 Å². The smallest absolute Gasteiger partial charge is 0.313 e. The molecule has 8 atom stereocenters. The molecule has 0 saturated carbocycles. The van der Waals surface area contributed by atoms with Crippen LogP contribution in [-0.2, 0) is 28.7 Å². The number of carbonyl (C=O) groups excluding carboxylic acids is 4. The number of allylic oxidation sites excluding steroid dienone is 1. The lowest BCUT2D eigenvalue weighted by Gasteiger charge is -2.39. The summed E-state index contributed by atoms with van der Waals surface area (Å²) in [7, 11) is 0. The quantitative estimate of drug-likeness (QED) is 0.346. The van der Waals surface area contributed by atoms with Crippen molar-refractivity contribution in [3.8, 4) is 0 Å². The zero-order valence-corrected chi connectivity index (χ0v) is 29.2. The summed E-state index contributed by atoms with van der Waals surface area (Å²) in [4.78, 5) is 60.4. The molecule has 4 aliphatic heterocycles. The number of anilines is 1. The van der Waals surface area contributed by atoms with Gasteiger partial charge in [0.05, 0.1) is 24.6 Å². The molecule has 3 amide bonds. The molecule has 5 bridgehead atoms. The number of amides is 3. The van der Waals surface area contributed by atoms with Crippen LogP contribution in [0.4, 0.5) is 5.69 Å². The molecule has 11 heteroatoms. The number of aliphatic hydroxyl groups excluding tert-OH is 1. The van der Waals surface area contributed by atoms with Gasteiger partial charge >= 0.3 is 5.97 Å². The Morgan fingerprint density at radius 3 is 2.38 bits per heavy atom. The standard InChI is InChI=1S/C37H42BrN3O7/c1-5-25(20-42)41-33-35(45)40(30-21(2)13-12-14-22(30)3)18-11-7-10-17-27(43)39-23(4)31(24-15-8-6-9-16-24)47-36(46)28-29(34(41)44)37(33)19-26(38)32(28)48-37/h6-9,11-16,19,23,25,28-29,31-33,42H,5,10,17-18,20H2,1-4H3,(H,39,43)/b11-7-/t23-,25-,28+,29-,31+,32+,33+,37-/m0/s1. The zero-order valence-electron chi connectivity index (χ0n) is 27.6. The number of nitrogens with zero attached hydrogens (tertiary/aromatic N) is 2. The zero-order chi connectivity index (χ0) is 34.3. The highest BCUT2D eigenvalue weighted by molar-refractivity contribution is 9.11. The maximum Gasteiger partial charge on any atom is 0.313 e. The number of esters is 1. The second kappa shape index (κ2) is 13.6. The third-order valence-electron chi connectivity index (χ3n) is 10.1. The number of aryl methyl sites for hydroxylation is 2. The molecule has 2 aromatic carbocycles. The number of benzene rings is 2. The van der Waals surface area contributed by atoms with Gasteiger partial charge in [0, 0.05) is 23.1 Å². The lowest BCUT2D eigenvalue weighted by atomic mass is 9.74. The number of cyclic esters (lactones) is 1. The largest absolute Gasteiger partial charge is 0.455 e. The molecule has 4 heterocycles. The van der Waals surface area contributed by atoms with Gasteiger partial charge in [0.15, 0.2) is 0 Å². The molecule has 6 rings (SSSR count). The van der Waals surface area contributed by atoms with E-state index in [4.69, 9.17) is 9.47 Å². The number of aliphatic hydroxyl groups is 1. The minimum absolute atomic E-state index is 0.174. The van der Waals surface area contributed by atoms with E-state index in [2.05, 4.69) is 21.2 Å². The van der Waals surface area contributed by atoms with E-state index in [-0.39, 0.29) is 31.4 Å². The third kappa shape index (κ3) is 5.69. The molecule has 2 aromatic rings. The number of hydrogen-bond acceptors (Lipinski definition) is 7. The van der Waals surface area contributed by atoms with Crippen molar-refractivity contribution in [3.05, 3.63) is 87.9 Å². The van der Waals surface area contributed by atoms with Gasteiger partial charge in [-0.25, -0.2) is 0 Å². The summed E-state index contributed by atoms with van der Waals surface area (Å²) < 4.78 is 13.4. The predicted octanol–water partition coefficient (Wildman–Crippen LogP) is 4.42. The Morgan fingerprint density at radius 1 is 1.00 bits per heavy atom. The first-order valence-corrected chi connectivity index (χ1v) is 17.4. The van der Waals surface area contributed by atoms with Crippen LogP contribution < -0.4 is 10.2 Å². The monoisotopic (exact) mass is 719 g/mol. The number of likely N-dealkylation sites (tertiary alicyclic amines) is 1. The minimum atomic E-state index is -1.49. The fourth-order valence-corrected chi connectivity index (χ4v) is 8.64. The van der Waals surface area contributed by atoms with Crippen LogP contribution in [0.1, 0.15) is 55.9 Å². The molecule has 254 valence electrons. The first-order chi connectivity index (χ1) is 23.0. The Labute approximate surface area is 289 Å². The van der Waals surface area contributed by atoms with Crippen molar-refractivity contribution in [3.63, 3.8) is 0 Å². The van der Waals surface area contributed by atoms with Gasteiger partial charge in [-0.05, 0) is 56.4 Å². The first kappa shape index (κ1) is 34.1. The number of hydrogen-bond donors (Lipinski definition) is 2. The van der Waals surface area contributed by atoms with Gasteiger partial charge in [-0.1, -0.05) is 83.5 Å². The molecular formula is C37H42BrN3O7. The van der Waals surface area contributed by atoms with Gasteiger partial charge in [-0.15, -0.1) is 0 Å². The van der Waals surface area contributed by atoms with Gasteiger partial charge in [-0.3, -0.25) is 19.2 Å². The molecule has 10 nitrogen and oxygen atoms in total. The van der Waals surface area contributed by atoms with Crippen molar-refractivity contribution in [1.82, 2.24) is 10.2 Å². The van der Waals surface area contributed by atoms with Crippen LogP contribution in [0.15, 0.2) is 71.2 Å². The number of ether oxygens (including phenoxy) is 2. The molecule has 48 heavy (non-hydrogen) atoms. The van der Waals surface area contributed by atoms with Crippen LogP contribution >= 0.6 is 15.9 Å². The SMILES string of the molecule is CC[C@@H](CO)N1C(=O)[C@@H]2[C@H]3C(=O)O[C@@H](c4ccccc4)[C@H](C)NC(=O)CC/C=C\CN(c4c(C)cccc4C)C(=O)[C@@H]1[C@]21C=C(Br)[C@H]3O1. The molecule has 2 N–H and O–H groups in total. The molecule has 0 aliphatic carbocycles. The van der Waals surface area contributed by atoms with Crippen LogP contribution in [0.3, 0.4) is 0 Å². The number of halogens is 1. The highest BCUT2D eigenvalue weighted by atomic mass is 79.9. The normalized spacial score (nSPS) is 32.1. The lowest BCUT2D eigenvalue weighted by Crippen LogP contribution is -2.58. The van der Waals surface area contributed by atoms with Crippen molar-refractivity contribution < 1.29 is 33.8 Å². The number of para-hydroxylation sites is 1. The van der Waals surface area contributed by atoms with E-state index in [0.29, 0.717) is 28.6 Å². The molecule has 1 spiro atoms. The summed E-state index contributed by atoms with van der Waals surface area (Å²) in [6.45, 7) is 7.30. The van der Waals surface area contributed by atoms with Crippen molar-refractivity contribution in [1.29, 1.82) is 0 Å². The molecule has 4 aliphatic rings. The summed E-state index contributed by atoms with van der Waals surface area (Å²) in [5, 5.41) is 13.5. The topological polar surface area (TPSA) is 125 Å². The number of nitrogens with one attached hydrogen (secondary N) is 1. The van der Waals surface area contributed by atoms with E-state index in [0.717, 1.165) is 11.1 Å². The number of rotatable bonds is 5. The molecular weight excluding hydrogens is 678 g/mol. The molecule has 2 fully saturated rings. The maximum absolute atomic E-state index is 15.2. The van der Waals surface area contributed by atoms with Crippen molar-refractivity contribution in [2.24, 2.45) is 11.8 Å². The van der Waals surface area contributed by atoms with E-state index < -0.39 is 59.6 Å². The second-order valence-electron chi connectivity index (χ2n) is 13.1. The van der Waals surface area contributed by atoms with Crippen LogP contribution in [0.25, 0.3) is 0 Å². The molecule has 0 radical (unpaired) electrons. The average molecular weight is 721 g/mol. The fraction of sp³-hybridized carbons (Fsp3) is 0.459. The van der Waals surface area contributed by atoms with Gasteiger partial charge < -0.3 is 29.7 Å². The van der Waals surface area contributed by atoms with Gasteiger partial charge in [0.2, 0.25) is 11.8 Å². The van der Waals surface area contributed by atoms with E-state index in [1.807, 2.05) is 81.5 Å². The highest BCUT2D eigenvalue weighted by Gasteiger charge is 2.75. The molecule has 0 aromatic heterocycles. The van der Waals surface area contributed by atoms with Crippen LogP contribution in [0, 0.1) is 25.7 Å². The summed E-state index contributed by atoms with van der Waals surface area (Å²) >= 11 is 3.61. The van der Waals surface area contributed by atoms with Gasteiger partial charge in [0.1, 0.15) is 29.8 Å². The van der Waals surface area contributed by atoms with Crippen molar-refractivity contribution in [2.75, 3.05) is 18.1 Å². The Bertz CT molecular complexity index is 1640. The van der Waals surface area contributed by atoms with E-state index in [1.165, 1.54) is 4.90 Å². The van der Waals surface area contributed by atoms with Crippen molar-refractivity contribution >= 4 is 45.3 Å². The predicted molar refractivity (Wildman–Crippen MR) is 183 cm³/mol. The Morgan fingerprint density at radius 2 is 1.71 bits per heavy atom. The maximum atomic E-state index is 15.2. The lowest BCUT2D eigenvalue weighted by molar-refractivity contribution is -0.161. The third-order valence-corrected chi connectivity index (χ3v) is 10.8. The molecule has 2 saturated heterocycles. The first-order valence-electron chi connectivity index (χ1n) is 16.6. The van der Waals surface area contributed by atoms with Crippen molar-refractivity contribution in [2.45, 2.75) is 82.9 Å². The Kier molecular flexibility index (Phi) is 9.66. The highest BCUT2D eigenvalue weighted by Crippen LogP contribution is 2.59. The number of fused-ring (bicyclic) bond motifs is 2. The summed E-state index contributed by atoms with van der Waals surface area (Å²) in [5.74, 6) is -3.84. The van der Waals surface area contributed by atoms with Gasteiger partial charge in [-0.2, -0.15) is 0 Å². The number of carbonyl (C=O) groups is 4.